The minimum atomic E-state index is -3.70. The maximum atomic E-state index is 11.3. The van der Waals surface area contributed by atoms with Crippen LogP contribution in [0.15, 0.2) is 23.1 Å². The molecule has 0 amide bonds. The van der Waals surface area contributed by atoms with Crippen molar-refractivity contribution in [3.63, 3.8) is 0 Å². The van der Waals surface area contributed by atoms with Crippen molar-refractivity contribution in [2.75, 3.05) is 43.4 Å². The summed E-state index contributed by atoms with van der Waals surface area (Å²) in [4.78, 5) is 4.67. The fraction of sp³-hybridized carbons (Fsp3) is 0.538. The van der Waals surface area contributed by atoms with Crippen molar-refractivity contribution in [1.82, 2.24) is 4.90 Å². The van der Waals surface area contributed by atoms with Gasteiger partial charge >= 0.3 is 0 Å². The molecule has 1 heterocycles. The summed E-state index contributed by atoms with van der Waals surface area (Å²) < 4.78 is 22.6. The molecule has 0 aliphatic carbocycles. The van der Waals surface area contributed by atoms with Crippen LogP contribution in [0.1, 0.15) is 13.3 Å². The lowest BCUT2D eigenvalue weighted by molar-refractivity contribution is 0.258. The van der Waals surface area contributed by atoms with Crippen LogP contribution in [0, 0.1) is 0 Å². The summed E-state index contributed by atoms with van der Waals surface area (Å²) in [5.41, 5.74) is 7.31. The van der Waals surface area contributed by atoms with Crippen molar-refractivity contribution in [2.45, 2.75) is 18.2 Å². The summed E-state index contributed by atoms with van der Waals surface area (Å²) >= 11 is 0. The Balaban J connectivity index is 2.11. The van der Waals surface area contributed by atoms with E-state index >= 15 is 0 Å². The number of benzene rings is 1. The van der Waals surface area contributed by atoms with Gasteiger partial charge in [0, 0.05) is 26.2 Å². The summed E-state index contributed by atoms with van der Waals surface area (Å²) in [6.45, 7) is 7.11. The third-order valence-electron chi connectivity index (χ3n) is 3.58. The Labute approximate surface area is 120 Å². The molecular formula is C13H22N4O2S. The minimum absolute atomic E-state index is 0.0587. The van der Waals surface area contributed by atoms with Gasteiger partial charge < -0.3 is 10.6 Å². The first kappa shape index (κ1) is 15.1. The molecule has 1 aliphatic heterocycles. The van der Waals surface area contributed by atoms with E-state index in [1.165, 1.54) is 12.1 Å². The Hall–Kier alpha value is -1.31. The number of piperazine rings is 1. The number of nitrogen functional groups attached to an aromatic ring is 1. The van der Waals surface area contributed by atoms with Crippen LogP contribution in [0.25, 0.3) is 0 Å². The first-order chi connectivity index (χ1) is 9.41. The highest BCUT2D eigenvalue weighted by atomic mass is 32.2. The Kier molecular flexibility index (Phi) is 4.52. The van der Waals surface area contributed by atoms with Gasteiger partial charge in [-0.05, 0) is 31.2 Å². The molecule has 0 unspecified atom stereocenters. The number of nitrogens with two attached hydrogens (primary N) is 2. The second kappa shape index (κ2) is 5.99. The van der Waals surface area contributed by atoms with Crippen molar-refractivity contribution >= 4 is 21.4 Å². The van der Waals surface area contributed by atoms with E-state index in [0.29, 0.717) is 5.69 Å². The van der Waals surface area contributed by atoms with Gasteiger partial charge in [0.15, 0.2) is 0 Å². The molecule has 0 spiro atoms. The van der Waals surface area contributed by atoms with E-state index in [1.54, 1.807) is 6.07 Å². The van der Waals surface area contributed by atoms with Crippen LogP contribution in [0.4, 0.5) is 11.4 Å². The summed E-state index contributed by atoms with van der Waals surface area (Å²) in [6, 6.07) is 4.69. The molecule has 0 saturated carbocycles. The van der Waals surface area contributed by atoms with Gasteiger partial charge in [-0.2, -0.15) is 0 Å². The number of primary sulfonamides is 1. The first-order valence-corrected chi connectivity index (χ1v) is 8.36. The molecule has 1 fully saturated rings. The van der Waals surface area contributed by atoms with Crippen molar-refractivity contribution in [3.05, 3.63) is 18.2 Å². The normalized spacial score (nSPS) is 17.4. The molecule has 6 nitrogen and oxygen atoms in total. The predicted octanol–water partition coefficient (Wildman–Crippen LogP) is 0.448. The van der Waals surface area contributed by atoms with Gasteiger partial charge in [0.2, 0.25) is 10.0 Å². The second-order valence-electron chi connectivity index (χ2n) is 5.09. The number of anilines is 2. The molecule has 0 aromatic heterocycles. The Morgan fingerprint density at radius 3 is 2.35 bits per heavy atom. The Bertz CT molecular complexity index is 566. The maximum Gasteiger partial charge on any atom is 0.238 e. The second-order valence-corrected chi connectivity index (χ2v) is 6.66. The van der Waals surface area contributed by atoms with Crippen LogP contribution in [-0.2, 0) is 10.0 Å². The van der Waals surface area contributed by atoms with Gasteiger partial charge in [0.05, 0.1) is 16.3 Å². The van der Waals surface area contributed by atoms with E-state index in [-0.39, 0.29) is 4.90 Å². The summed E-state index contributed by atoms with van der Waals surface area (Å²) in [7, 11) is -3.70. The van der Waals surface area contributed by atoms with E-state index in [2.05, 4.69) is 16.7 Å². The van der Waals surface area contributed by atoms with E-state index in [0.717, 1.165) is 44.8 Å². The lowest BCUT2D eigenvalue weighted by Crippen LogP contribution is -2.46. The molecule has 2 rings (SSSR count). The average molecular weight is 298 g/mol. The van der Waals surface area contributed by atoms with Crippen molar-refractivity contribution in [3.8, 4) is 0 Å². The lowest BCUT2D eigenvalue weighted by atomic mass is 10.2. The number of nitrogens with zero attached hydrogens (tertiary/aromatic N) is 2. The fourth-order valence-corrected chi connectivity index (χ4v) is 3.08. The van der Waals surface area contributed by atoms with Crippen molar-refractivity contribution in [1.29, 1.82) is 0 Å². The SMILES string of the molecule is CCCN1CCN(c2ccc(S(N)(=O)=O)cc2N)CC1. The van der Waals surface area contributed by atoms with Crippen LogP contribution < -0.4 is 15.8 Å². The zero-order chi connectivity index (χ0) is 14.8. The van der Waals surface area contributed by atoms with Gasteiger partial charge in [0.1, 0.15) is 0 Å². The first-order valence-electron chi connectivity index (χ1n) is 6.81. The van der Waals surface area contributed by atoms with Crippen LogP contribution in [0.3, 0.4) is 0 Å². The average Bonchev–Trinajstić information content (AvgIpc) is 2.39. The predicted molar refractivity (Wildman–Crippen MR) is 81.2 cm³/mol. The molecule has 7 heteroatoms. The molecule has 0 radical (unpaired) electrons. The van der Waals surface area contributed by atoms with Gasteiger partial charge in [-0.3, -0.25) is 4.90 Å². The van der Waals surface area contributed by atoms with E-state index in [1.807, 2.05) is 0 Å². The third-order valence-corrected chi connectivity index (χ3v) is 4.49. The Morgan fingerprint density at radius 1 is 1.20 bits per heavy atom. The summed E-state index contributed by atoms with van der Waals surface area (Å²) in [5.74, 6) is 0. The van der Waals surface area contributed by atoms with Gasteiger partial charge in [-0.15, -0.1) is 0 Å². The number of rotatable bonds is 4. The lowest BCUT2D eigenvalue weighted by Gasteiger charge is -2.36. The quantitative estimate of drug-likeness (QED) is 0.787. The number of hydrogen-bond acceptors (Lipinski definition) is 5. The summed E-state index contributed by atoms with van der Waals surface area (Å²) in [5, 5.41) is 5.10. The number of hydrogen-bond donors (Lipinski definition) is 2. The molecule has 1 saturated heterocycles. The molecule has 112 valence electrons. The molecule has 1 aromatic carbocycles. The molecule has 1 aromatic rings. The third kappa shape index (κ3) is 3.41. The molecule has 1 aliphatic rings. The van der Waals surface area contributed by atoms with E-state index in [9.17, 15) is 8.42 Å². The topological polar surface area (TPSA) is 92.7 Å². The van der Waals surface area contributed by atoms with Crippen LogP contribution >= 0.6 is 0 Å². The highest BCUT2D eigenvalue weighted by Crippen LogP contribution is 2.26. The molecular weight excluding hydrogens is 276 g/mol. The largest absolute Gasteiger partial charge is 0.397 e. The zero-order valence-corrected chi connectivity index (χ0v) is 12.6. The van der Waals surface area contributed by atoms with Crippen LogP contribution in [0.2, 0.25) is 0 Å². The smallest absolute Gasteiger partial charge is 0.238 e. The van der Waals surface area contributed by atoms with Gasteiger partial charge in [-0.25, -0.2) is 13.6 Å². The zero-order valence-electron chi connectivity index (χ0n) is 11.7. The van der Waals surface area contributed by atoms with Gasteiger partial charge in [0.25, 0.3) is 0 Å². The van der Waals surface area contributed by atoms with Gasteiger partial charge in [-0.1, -0.05) is 6.92 Å². The van der Waals surface area contributed by atoms with Crippen LogP contribution in [-0.4, -0.2) is 46.0 Å². The monoisotopic (exact) mass is 298 g/mol. The van der Waals surface area contributed by atoms with Crippen LogP contribution in [0.5, 0.6) is 0 Å². The minimum Gasteiger partial charge on any atom is -0.397 e. The van der Waals surface area contributed by atoms with E-state index in [4.69, 9.17) is 10.9 Å². The summed E-state index contributed by atoms with van der Waals surface area (Å²) in [6.07, 6.45) is 1.16. The maximum absolute atomic E-state index is 11.3. The Morgan fingerprint density at radius 2 is 1.85 bits per heavy atom. The molecule has 0 atom stereocenters. The molecule has 4 N–H and O–H groups in total. The van der Waals surface area contributed by atoms with Crippen molar-refractivity contribution < 1.29 is 8.42 Å². The van der Waals surface area contributed by atoms with Crippen molar-refractivity contribution in [2.24, 2.45) is 5.14 Å². The standard InChI is InChI=1S/C13H22N4O2S/c1-2-5-16-6-8-17(9-7-16)13-4-3-11(10-12(13)14)20(15,18)19/h3-4,10H,2,5-9,14H2,1H3,(H2,15,18,19). The fourth-order valence-electron chi connectivity index (χ4n) is 2.53. The highest BCUT2D eigenvalue weighted by Gasteiger charge is 2.19. The molecule has 0 bridgehead atoms. The highest BCUT2D eigenvalue weighted by molar-refractivity contribution is 7.89. The molecule has 20 heavy (non-hydrogen) atoms. The van der Waals surface area contributed by atoms with E-state index < -0.39 is 10.0 Å². The number of sulfonamides is 1.